The van der Waals surface area contributed by atoms with E-state index in [9.17, 15) is 0 Å². The summed E-state index contributed by atoms with van der Waals surface area (Å²) in [6, 6.07) is 3.94. The van der Waals surface area contributed by atoms with Crippen molar-refractivity contribution in [2.45, 2.75) is 6.54 Å². The van der Waals surface area contributed by atoms with Crippen LogP contribution in [0.3, 0.4) is 0 Å². The molecule has 2 N–H and O–H groups in total. The van der Waals surface area contributed by atoms with Gasteiger partial charge in [0.15, 0.2) is 0 Å². The number of nitrogens with zero attached hydrogens (tertiary/aromatic N) is 3. The van der Waals surface area contributed by atoms with E-state index in [1.807, 2.05) is 37.8 Å². The molecule has 0 atom stereocenters. The first kappa shape index (κ1) is 14.9. The minimum atomic E-state index is 0. The van der Waals surface area contributed by atoms with Gasteiger partial charge in [-0.1, -0.05) is 6.07 Å². The summed E-state index contributed by atoms with van der Waals surface area (Å²) in [5.74, 6) is 0. The van der Waals surface area contributed by atoms with Gasteiger partial charge < -0.3 is 5.73 Å². The molecule has 0 aliphatic carbocycles. The van der Waals surface area contributed by atoms with Crippen LogP contribution in [0.1, 0.15) is 5.69 Å². The maximum atomic E-state index is 5.46. The lowest BCUT2D eigenvalue weighted by Crippen LogP contribution is -1.98. The molecule has 0 aliphatic rings. The summed E-state index contributed by atoms with van der Waals surface area (Å²) in [5, 5.41) is 4.10. The number of hydrogen-bond acceptors (Lipinski definition) is 3. The fraction of sp³-hybridized carbons (Fsp3) is 0.200. The first-order valence-corrected chi connectivity index (χ1v) is 4.43. The van der Waals surface area contributed by atoms with Crippen molar-refractivity contribution in [3.05, 3.63) is 36.4 Å². The molecule has 0 saturated heterocycles. The molecule has 6 heteroatoms. The van der Waals surface area contributed by atoms with Crippen molar-refractivity contribution in [1.82, 2.24) is 14.8 Å². The Morgan fingerprint density at radius 3 is 2.38 bits per heavy atom. The lowest BCUT2D eigenvalue weighted by molar-refractivity contribution is 0.768. The van der Waals surface area contributed by atoms with Gasteiger partial charge in [0, 0.05) is 37.1 Å². The third kappa shape index (κ3) is 3.20. The number of rotatable bonds is 2. The zero-order valence-electron chi connectivity index (χ0n) is 8.83. The highest BCUT2D eigenvalue weighted by molar-refractivity contribution is 5.85. The maximum absolute atomic E-state index is 5.46. The van der Waals surface area contributed by atoms with Crippen LogP contribution in [0.2, 0.25) is 0 Å². The van der Waals surface area contributed by atoms with E-state index in [-0.39, 0.29) is 24.8 Å². The molecule has 0 saturated carbocycles. The maximum Gasteiger partial charge on any atom is 0.0568 e. The van der Waals surface area contributed by atoms with Crippen molar-refractivity contribution in [3.8, 4) is 11.1 Å². The van der Waals surface area contributed by atoms with Gasteiger partial charge in [0.1, 0.15) is 0 Å². The van der Waals surface area contributed by atoms with Crippen molar-refractivity contribution >= 4 is 24.8 Å². The van der Waals surface area contributed by atoms with Gasteiger partial charge in [-0.25, -0.2) is 0 Å². The van der Waals surface area contributed by atoms with Crippen LogP contribution < -0.4 is 5.73 Å². The zero-order valence-corrected chi connectivity index (χ0v) is 10.5. The van der Waals surface area contributed by atoms with E-state index in [1.54, 1.807) is 4.68 Å². The predicted molar refractivity (Wildman–Crippen MR) is 68.8 cm³/mol. The van der Waals surface area contributed by atoms with E-state index in [4.69, 9.17) is 5.73 Å². The Labute approximate surface area is 107 Å². The fourth-order valence-corrected chi connectivity index (χ4v) is 1.29. The van der Waals surface area contributed by atoms with Gasteiger partial charge in [-0.3, -0.25) is 9.67 Å². The Morgan fingerprint density at radius 1 is 1.19 bits per heavy atom. The number of aryl methyl sites for hydroxylation is 1. The average molecular weight is 261 g/mol. The highest BCUT2D eigenvalue weighted by Gasteiger charge is 2.00. The molecule has 0 spiro atoms. The summed E-state index contributed by atoms with van der Waals surface area (Å²) < 4.78 is 1.77. The lowest BCUT2D eigenvalue weighted by Gasteiger charge is -1.98. The number of hydrogen-bond donors (Lipinski definition) is 1. The van der Waals surface area contributed by atoms with Crippen LogP contribution in [0.25, 0.3) is 11.1 Å². The molecule has 4 nitrogen and oxygen atoms in total. The first-order chi connectivity index (χ1) is 6.79. The highest BCUT2D eigenvalue weighted by Crippen LogP contribution is 2.16. The van der Waals surface area contributed by atoms with Gasteiger partial charge in [-0.05, 0) is 6.07 Å². The molecule has 0 radical (unpaired) electrons. The molecule has 0 aromatic carbocycles. The Balaban J connectivity index is 0.00000112. The summed E-state index contributed by atoms with van der Waals surface area (Å²) in [5.41, 5.74) is 8.50. The first-order valence-electron chi connectivity index (χ1n) is 4.43. The standard InChI is InChI=1S/C10H12N4.2ClH/c1-14-7-9(6-13-14)8-2-3-10(4-11)12-5-8;;/h2-3,5-7H,4,11H2,1H3;2*1H. The minimum Gasteiger partial charge on any atom is -0.325 e. The highest BCUT2D eigenvalue weighted by atomic mass is 35.5. The van der Waals surface area contributed by atoms with Crippen molar-refractivity contribution < 1.29 is 0 Å². The van der Waals surface area contributed by atoms with Gasteiger partial charge in [-0.2, -0.15) is 5.10 Å². The van der Waals surface area contributed by atoms with E-state index >= 15 is 0 Å². The topological polar surface area (TPSA) is 56.7 Å². The molecule has 2 rings (SSSR count). The van der Waals surface area contributed by atoms with Crippen LogP contribution in [-0.4, -0.2) is 14.8 Å². The van der Waals surface area contributed by atoms with Crippen LogP contribution in [0.4, 0.5) is 0 Å². The molecular formula is C10H14Cl2N4. The third-order valence-electron chi connectivity index (χ3n) is 2.07. The van der Waals surface area contributed by atoms with Crippen molar-refractivity contribution in [1.29, 1.82) is 0 Å². The molecule has 0 unspecified atom stereocenters. The summed E-state index contributed by atoms with van der Waals surface area (Å²) >= 11 is 0. The molecule has 0 amide bonds. The molecule has 0 fully saturated rings. The van der Waals surface area contributed by atoms with Gasteiger partial charge in [0.05, 0.1) is 11.9 Å². The third-order valence-corrected chi connectivity index (χ3v) is 2.07. The second-order valence-corrected chi connectivity index (χ2v) is 3.15. The summed E-state index contributed by atoms with van der Waals surface area (Å²) in [6.07, 6.45) is 5.59. The van der Waals surface area contributed by atoms with Crippen LogP contribution in [-0.2, 0) is 13.6 Å². The smallest absolute Gasteiger partial charge is 0.0568 e. The Bertz CT molecular complexity index is 425. The molecule has 2 aromatic heterocycles. The number of aromatic nitrogens is 3. The minimum absolute atomic E-state index is 0. The van der Waals surface area contributed by atoms with E-state index in [0.29, 0.717) is 6.54 Å². The fourth-order valence-electron chi connectivity index (χ4n) is 1.29. The predicted octanol–water partition coefficient (Wildman–Crippen LogP) is 1.78. The van der Waals surface area contributed by atoms with Crippen molar-refractivity contribution in [2.75, 3.05) is 0 Å². The molecular weight excluding hydrogens is 247 g/mol. The zero-order chi connectivity index (χ0) is 9.97. The normalized spacial score (nSPS) is 9.12. The van der Waals surface area contributed by atoms with Crippen molar-refractivity contribution in [2.24, 2.45) is 12.8 Å². The Kier molecular flexibility index (Phi) is 6.03. The molecule has 0 aliphatic heterocycles. The van der Waals surface area contributed by atoms with Crippen LogP contribution >= 0.6 is 24.8 Å². The number of nitrogens with two attached hydrogens (primary N) is 1. The molecule has 88 valence electrons. The largest absolute Gasteiger partial charge is 0.325 e. The quantitative estimate of drug-likeness (QED) is 0.896. The molecule has 16 heavy (non-hydrogen) atoms. The summed E-state index contributed by atoms with van der Waals surface area (Å²) in [6.45, 7) is 0.479. The molecule has 2 aromatic rings. The second-order valence-electron chi connectivity index (χ2n) is 3.15. The van der Waals surface area contributed by atoms with E-state index < -0.39 is 0 Å². The van der Waals surface area contributed by atoms with E-state index in [1.165, 1.54) is 0 Å². The van der Waals surface area contributed by atoms with Crippen LogP contribution in [0.5, 0.6) is 0 Å². The molecule has 2 heterocycles. The van der Waals surface area contributed by atoms with Gasteiger partial charge >= 0.3 is 0 Å². The summed E-state index contributed by atoms with van der Waals surface area (Å²) in [4.78, 5) is 4.22. The van der Waals surface area contributed by atoms with Gasteiger partial charge in [0.25, 0.3) is 0 Å². The second kappa shape index (κ2) is 6.48. The number of pyridine rings is 1. The van der Waals surface area contributed by atoms with Crippen LogP contribution in [0.15, 0.2) is 30.7 Å². The van der Waals surface area contributed by atoms with Gasteiger partial charge in [0.2, 0.25) is 0 Å². The average Bonchev–Trinajstić information content (AvgIpc) is 2.65. The summed E-state index contributed by atoms with van der Waals surface area (Å²) in [7, 11) is 1.89. The van der Waals surface area contributed by atoms with Crippen LogP contribution in [0, 0.1) is 0 Å². The lowest BCUT2D eigenvalue weighted by atomic mass is 10.1. The monoisotopic (exact) mass is 260 g/mol. The van der Waals surface area contributed by atoms with Gasteiger partial charge in [-0.15, -0.1) is 24.8 Å². The Hall–Kier alpha value is -1.10. The Morgan fingerprint density at radius 2 is 1.94 bits per heavy atom. The van der Waals surface area contributed by atoms with Crippen molar-refractivity contribution in [3.63, 3.8) is 0 Å². The van der Waals surface area contributed by atoms with E-state index in [0.717, 1.165) is 16.8 Å². The number of halogens is 2. The SMILES string of the molecule is Cl.Cl.Cn1cc(-c2ccc(CN)nc2)cn1. The van der Waals surface area contributed by atoms with E-state index in [2.05, 4.69) is 10.1 Å². The molecule has 0 bridgehead atoms.